The molecule has 0 aliphatic carbocycles. The highest BCUT2D eigenvalue weighted by atomic mass is 32.2. The summed E-state index contributed by atoms with van der Waals surface area (Å²) in [5.41, 5.74) is 3.82. The van der Waals surface area contributed by atoms with Crippen molar-refractivity contribution in [2.24, 2.45) is 5.73 Å². The lowest BCUT2D eigenvalue weighted by Crippen LogP contribution is -2.65. The van der Waals surface area contributed by atoms with Gasteiger partial charge in [0.15, 0.2) is 11.3 Å². The fourth-order valence-electron chi connectivity index (χ4n) is 3.22. The number of carboxylic acid groups (broad SMARTS) is 1. The van der Waals surface area contributed by atoms with Crippen molar-refractivity contribution >= 4 is 35.5 Å². The highest BCUT2D eigenvalue weighted by Gasteiger charge is 2.57. The van der Waals surface area contributed by atoms with E-state index in [0.717, 1.165) is 11.8 Å². The van der Waals surface area contributed by atoms with Crippen LogP contribution >= 0.6 is 11.8 Å². The summed E-state index contributed by atoms with van der Waals surface area (Å²) in [7, 11) is 0. The number of Topliss-reactive ketones (excluding diaryl/α,β-unsaturated/α-hetero) is 1. The molecule has 27 heavy (non-hydrogen) atoms. The van der Waals surface area contributed by atoms with Gasteiger partial charge in [0.25, 0.3) is 0 Å². The normalized spacial score (nSPS) is 22.1. The number of ketones is 1. The van der Waals surface area contributed by atoms with Gasteiger partial charge >= 0.3 is 17.9 Å². The maximum Gasteiger partial charge on any atom is 0.332 e. The lowest BCUT2D eigenvalue weighted by atomic mass is 9.86. The Morgan fingerprint density at radius 2 is 1.85 bits per heavy atom. The molecular formula is C17H28N2O7S. The van der Waals surface area contributed by atoms with Crippen molar-refractivity contribution in [3.05, 3.63) is 0 Å². The monoisotopic (exact) mass is 404 g/mol. The molecule has 9 nitrogen and oxygen atoms in total. The molecule has 3 atom stereocenters. The van der Waals surface area contributed by atoms with Crippen molar-refractivity contribution in [3.8, 4) is 0 Å². The van der Waals surface area contributed by atoms with Gasteiger partial charge in [0, 0.05) is 12.3 Å². The van der Waals surface area contributed by atoms with Crippen LogP contribution in [0.25, 0.3) is 0 Å². The highest BCUT2D eigenvalue weighted by Crippen LogP contribution is 2.35. The molecule has 0 amide bonds. The van der Waals surface area contributed by atoms with Crippen LogP contribution in [0.15, 0.2) is 0 Å². The predicted octanol–water partition coefficient (Wildman–Crippen LogP) is 0.0499. The van der Waals surface area contributed by atoms with Gasteiger partial charge < -0.3 is 20.3 Å². The van der Waals surface area contributed by atoms with Gasteiger partial charge in [0.2, 0.25) is 0 Å². The van der Waals surface area contributed by atoms with Crippen molar-refractivity contribution < 1.29 is 33.8 Å². The second-order valence-electron chi connectivity index (χ2n) is 6.20. The van der Waals surface area contributed by atoms with E-state index >= 15 is 0 Å². The minimum atomic E-state index is -1.86. The summed E-state index contributed by atoms with van der Waals surface area (Å²) in [5.74, 6) is -2.91. The number of nitrogens with zero attached hydrogens (tertiary/aromatic N) is 1. The summed E-state index contributed by atoms with van der Waals surface area (Å²) < 4.78 is 9.94. The Morgan fingerprint density at radius 3 is 2.37 bits per heavy atom. The van der Waals surface area contributed by atoms with Crippen LogP contribution in [-0.2, 0) is 28.7 Å². The van der Waals surface area contributed by atoms with E-state index < -0.39 is 41.3 Å². The number of nitrogens with two attached hydrogens (primary N) is 1. The summed E-state index contributed by atoms with van der Waals surface area (Å²) in [6.07, 6.45) is 0.504. The van der Waals surface area contributed by atoms with Gasteiger partial charge in [-0.05, 0) is 33.6 Å². The molecule has 0 aromatic heterocycles. The van der Waals surface area contributed by atoms with Crippen LogP contribution in [0.2, 0.25) is 0 Å². The molecule has 1 aliphatic heterocycles. The van der Waals surface area contributed by atoms with Gasteiger partial charge in [-0.15, -0.1) is 11.8 Å². The minimum absolute atomic E-state index is 0.0128. The number of hydrogen-bond acceptors (Lipinski definition) is 9. The number of likely N-dealkylation sites (tertiary alicyclic amines) is 1. The van der Waals surface area contributed by atoms with Gasteiger partial charge in [-0.2, -0.15) is 0 Å². The van der Waals surface area contributed by atoms with E-state index in [1.54, 1.807) is 13.8 Å². The fourth-order valence-corrected chi connectivity index (χ4v) is 4.13. The van der Waals surface area contributed by atoms with Gasteiger partial charge in [-0.25, -0.2) is 4.79 Å². The largest absolute Gasteiger partial charge is 0.480 e. The first-order valence-corrected chi connectivity index (χ1v) is 10.1. The second kappa shape index (κ2) is 10.6. The molecule has 0 saturated carbocycles. The number of ether oxygens (including phenoxy) is 2. The molecular weight excluding hydrogens is 376 g/mol. The Kier molecular flexibility index (Phi) is 9.20. The second-order valence-corrected chi connectivity index (χ2v) is 7.23. The number of aliphatic carboxylic acids is 1. The van der Waals surface area contributed by atoms with Crippen LogP contribution in [0.3, 0.4) is 0 Å². The van der Waals surface area contributed by atoms with Crippen LogP contribution in [-0.4, -0.2) is 82.6 Å². The Balaban J connectivity index is 3.10. The van der Waals surface area contributed by atoms with Crippen LogP contribution in [0.1, 0.15) is 33.6 Å². The Morgan fingerprint density at radius 1 is 1.22 bits per heavy atom. The number of thioether (sulfide) groups is 1. The smallest absolute Gasteiger partial charge is 0.332 e. The summed E-state index contributed by atoms with van der Waals surface area (Å²) in [4.78, 5) is 50.2. The maximum absolute atomic E-state index is 12.7. The average Bonchev–Trinajstić information content (AvgIpc) is 3.04. The Labute approximate surface area is 162 Å². The molecule has 2 unspecified atom stereocenters. The molecule has 1 rings (SSSR count). The number of carbonyl (C=O) groups excluding carboxylic acids is 3. The zero-order valence-corrected chi connectivity index (χ0v) is 16.8. The van der Waals surface area contributed by atoms with Crippen molar-refractivity contribution in [1.82, 2.24) is 4.90 Å². The summed E-state index contributed by atoms with van der Waals surface area (Å²) in [6, 6.07) is -1.97. The molecule has 0 spiro atoms. The molecule has 0 radical (unpaired) electrons. The Hall–Kier alpha value is -1.65. The molecule has 0 aromatic rings. The quantitative estimate of drug-likeness (QED) is 0.359. The van der Waals surface area contributed by atoms with E-state index in [4.69, 9.17) is 15.2 Å². The van der Waals surface area contributed by atoms with E-state index in [2.05, 4.69) is 0 Å². The van der Waals surface area contributed by atoms with Crippen molar-refractivity contribution in [2.75, 3.05) is 31.3 Å². The van der Waals surface area contributed by atoms with E-state index in [9.17, 15) is 24.3 Å². The summed E-state index contributed by atoms with van der Waals surface area (Å²) in [5, 5.41) is 9.85. The summed E-state index contributed by atoms with van der Waals surface area (Å²) in [6.45, 7) is 5.37. The zero-order valence-electron chi connectivity index (χ0n) is 15.9. The van der Waals surface area contributed by atoms with Crippen molar-refractivity contribution in [3.63, 3.8) is 0 Å². The number of rotatable bonds is 11. The standard InChI is InChI=1S/C17H28N2O7S/c1-4-25-13(20)10-27-9-12(15(22)26-5-2)19-8-6-7-17(19,16(23)24)14(21)11(3)18/h11-12H,4-10,18H2,1-3H3,(H,23,24)/t11?,12-,17?/m0/s1. The SMILES string of the molecule is CCOC(=O)CSC[C@@H](C(=O)OCC)N1CCCC1(C(=O)O)C(=O)C(C)N. The first-order chi connectivity index (χ1) is 12.7. The van der Waals surface area contributed by atoms with Crippen LogP contribution in [0.5, 0.6) is 0 Å². The minimum Gasteiger partial charge on any atom is -0.480 e. The lowest BCUT2D eigenvalue weighted by molar-refractivity contribution is -0.162. The zero-order chi connectivity index (χ0) is 20.6. The van der Waals surface area contributed by atoms with E-state index in [0.29, 0.717) is 6.42 Å². The predicted molar refractivity (Wildman–Crippen MR) is 99.3 cm³/mol. The fraction of sp³-hybridized carbons (Fsp3) is 0.765. The van der Waals surface area contributed by atoms with Crippen molar-refractivity contribution in [2.45, 2.75) is 51.2 Å². The van der Waals surface area contributed by atoms with E-state index in [1.807, 2.05) is 0 Å². The molecule has 154 valence electrons. The average molecular weight is 404 g/mol. The van der Waals surface area contributed by atoms with Gasteiger partial charge in [-0.1, -0.05) is 0 Å². The van der Waals surface area contributed by atoms with Gasteiger partial charge in [0.05, 0.1) is 25.0 Å². The number of esters is 2. The molecule has 1 heterocycles. The van der Waals surface area contributed by atoms with Gasteiger partial charge in [-0.3, -0.25) is 19.3 Å². The molecule has 1 saturated heterocycles. The third-order valence-electron chi connectivity index (χ3n) is 4.34. The molecule has 0 aromatic carbocycles. The number of carboxylic acids is 1. The first-order valence-electron chi connectivity index (χ1n) is 8.92. The first kappa shape index (κ1) is 23.4. The van der Waals surface area contributed by atoms with E-state index in [1.165, 1.54) is 11.8 Å². The molecule has 1 aliphatic rings. The van der Waals surface area contributed by atoms with Crippen molar-refractivity contribution in [1.29, 1.82) is 0 Å². The highest BCUT2D eigenvalue weighted by molar-refractivity contribution is 8.00. The third kappa shape index (κ3) is 5.43. The molecule has 3 N–H and O–H groups in total. The molecule has 1 fully saturated rings. The number of carbonyl (C=O) groups is 4. The van der Waals surface area contributed by atoms with E-state index in [-0.39, 0.29) is 37.7 Å². The molecule has 0 bridgehead atoms. The lowest BCUT2D eigenvalue weighted by Gasteiger charge is -2.38. The van der Waals surface area contributed by atoms with Crippen LogP contribution in [0, 0.1) is 0 Å². The van der Waals surface area contributed by atoms with Gasteiger partial charge in [0.1, 0.15) is 6.04 Å². The maximum atomic E-state index is 12.7. The Bertz CT molecular complexity index is 569. The topological polar surface area (TPSA) is 136 Å². The molecule has 10 heteroatoms. The van der Waals surface area contributed by atoms with Crippen LogP contribution < -0.4 is 5.73 Å². The third-order valence-corrected chi connectivity index (χ3v) is 5.33. The number of hydrogen-bond donors (Lipinski definition) is 2. The van der Waals surface area contributed by atoms with Crippen LogP contribution in [0.4, 0.5) is 0 Å². The summed E-state index contributed by atoms with van der Waals surface area (Å²) >= 11 is 1.13.